The van der Waals surface area contributed by atoms with Crippen LogP contribution in [0.3, 0.4) is 0 Å². The minimum absolute atomic E-state index is 0.0638. The van der Waals surface area contributed by atoms with E-state index >= 15 is 0 Å². The van der Waals surface area contributed by atoms with Crippen LogP contribution in [0, 0.1) is 5.41 Å². The first kappa shape index (κ1) is 23.4. The van der Waals surface area contributed by atoms with Gasteiger partial charge >= 0.3 is 12.2 Å². The molecule has 0 aromatic heterocycles. The fraction of sp³-hybridized carbons (Fsp3) is 0.286. The molecule has 3 aromatic rings. The summed E-state index contributed by atoms with van der Waals surface area (Å²) < 4.78 is 11.0. The monoisotopic (exact) mass is 458 g/mol. The molecule has 0 radical (unpaired) electrons. The number of hydrogen-bond donors (Lipinski definition) is 1. The van der Waals surface area contributed by atoms with Crippen molar-refractivity contribution < 1.29 is 19.1 Å². The minimum atomic E-state index is -0.520. The van der Waals surface area contributed by atoms with Gasteiger partial charge in [0.15, 0.2) is 0 Å². The van der Waals surface area contributed by atoms with Crippen LogP contribution in [0.25, 0.3) is 0 Å². The average molecular weight is 459 g/mol. The van der Waals surface area contributed by atoms with Crippen LogP contribution in [0.4, 0.5) is 21.0 Å². The molecule has 0 saturated heterocycles. The van der Waals surface area contributed by atoms with Crippen molar-refractivity contribution in [3.63, 3.8) is 0 Å². The maximum atomic E-state index is 13.1. The van der Waals surface area contributed by atoms with Crippen LogP contribution < -0.4 is 10.2 Å². The lowest BCUT2D eigenvalue weighted by Crippen LogP contribution is -2.45. The molecular weight excluding hydrogens is 428 g/mol. The van der Waals surface area contributed by atoms with Gasteiger partial charge in [0.25, 0.3) is 0 Å². The van der Waals surface area contributed by atoms with Crippen molar-refractivity contribution in [1.29, 1.82) is 0 Å². The summed E-state index contributed by atoms with van der Waals surface area (Å²) in [6, 6.07) is 24.7. The normalized spacial score (nSPS) is 14.9. The van der Waals surface area contributed by atoms with Crippen molar-refractivity contribution in [3.05, 3.63) is 95.6 Å². The topological polar surface area (TPSA) is 67.9 Å². The summed E-state index contributed by atoms with van der Waals surface area (Å²) in [6.07, 6.45) is -0.216. The average Bonchev–Trinajstić information content (AvgIpc) is 3.22. The van der Waals surface area contributed by atoms with Gasteiger partial charge in [-0.25, -0.2) is 9.59 Å². The molecule has 4 rings (SSSR count). The zero-order valence-corrected chi connectivity index (χ0v) is 19.8. The van der Waals surface area contributed by atoms with Gasteiger partial charge in [-0.3, -0.25) is 10.2 Å². The first-order chi connectivity index (χ1) is 16.3. The predicted molar refractivity (Wildman–Crippen MR) is 133 cm³/mol. The zero-order valence-electron chi connectivity index (χ0n) is 19.8. The van der Waals surface area contributed by atoms with E-state index in [1.165, 1.54) is 0 Å². The van der Waals surface area contributed by atoms with Crippen molar-refractivity contribution in [3.8, 4) is 0 Å². The van der Waals surface area contributed by atoms with Crippen LogP contribution in [0.5, 0.6) is 0 Å². The molecule has 0 saturated carbocycles. The number of hydrogen-bond acceptors (Lipinski definition) is 4. The van der Waals surface area contributed by atoms with Crippen LogP contribution >= 0.6 is 0 Å². The number of carbonyl (C=O) groups excluding carboxylic acids is 2. The SMILES string of the molecule is CC(C)(C)C1Cc2cc(NC(=O)OCc3ccccc3)ccc2N1C(=O)OCc1ccccc1. The standard InChI is InChI=1S/C28H30N2O4/c1-28(2,3)25-17-22-16-23(29-26(31)33-18-20-10-6-4-7-11-20)14-15-24(22)30(25)27(32)34-19-21-12-8-5-9-13-21/h4-16,25H,17-19H2,1-3H3,(H,29,31). The Morgan fingerprint density at radius 3 is 2.06 bits per heavy atom. The highest BCUT2D eigenvalue weighted by atomic mass is 16.6. The lowest BCUT2D eigenvalue weighted by atomic mass is 9.84. The Bertz CT molecular complexity index is 1140. The van der Waals surface area contributed by atoms with Gasteiger partial charge < -0.3 is 9.47 Å². The van der Waals surface area contributed by atoms with Crippen molar-refractivity contribution in [2.75, 3.05) is 10.2 Å². The first-order valence-electron chi connectivity index (χ1n) is 11.4. The number of carbonyl (C=O) groups is 2. The summed E-state index contributed by atoms with van der Waals surface area (Å²) in [5.41, 5.74) is 4.12. The highest BCUT2D eigenvalue weighted by Crippen LogP contribution is 2.41. The lowest BCUT2D eigenvalue weighted by molar-refractivity contribution is 0.139. The quantitative estimate of drug-likeness (QED) is 0.471. The highest BCUT2D eigenvalue weighted by molar-refractivity contribution is 5.93. The van der Waals surface area contributed by atoms with E-state index in [0.29, 0.717) is 12.1 Å². The van der Waals surface area contributed by atoms with Crippen LogP contribution in [0.2, 0.25) is 0 Å². The highest BCUT2D eigenvalue weighted by Gasteiger charge is 2.41. The van der Waals surface area contributed by atoms with Crippen molar-refractivity contribution in [2.24, 2.45) is 5.41 Å². The number of rotatable bonds is 5. The predicted octanol–water partition coefficient (Wildman–Crippen LogP) is 6.55. The molecule has 0 aliphatic carbocycles. The zero-order chi connectivity index (χ0) is 24.1. The first-order valence-corrected chi connectivity index (χ1v) is 11.4. The van der Waals surface area contributed by atoms with Gasteiger partial charge in [-0.2, -0.15) is 0 Å². The van der Waals surface area contributed by atoms with Gasteiger partial charge in [-0.1, -0.05) is 81.4 Å². The van der Waals surface area contributed by atoms with Gasteiger partial charge in [0.1, 0.15) is 13.2 Å². The second kappa shape index (κ2) is 10.00. The van der Waals surface area contributed by atoms with Gasteiger partial charge in [0.2, 0.25) is 0 Å². The van der Waals surface area contributed by atoms with E-state index in [2.05, 4.69) is 26.1 Å². The largest absolute Gasteiger partial charge is 0.444 e. The number of amides is 2. The van der Waals surface area contributed by atoms with E-state index in [-0.39, 0.29) is 30.8 Å². The number of benzene rings is 3. The smallest absolute Gasteiger partial charge is 0.414 e. The third kappa shape index (κ3) is 5.57. The maximum Gasteiger partial charge on any atom is 0.414 e. The van der Waals surface area contributed by atoms with E-state index < -0.39 is 6.09 Å². The lowest BCUT2D eigenvalue weighted by Gasteiger charge is -2.34. The van der Waals surface area contributed by atoms with E-state index in [0.717, 1.165) is 22.4 Å². The molecule has 3 aromatic carbocycles. The summed E-state index contributed by atoms with van der Waals surface area (Å²) in [5.74, 6) is 0. The Balaban J connectivity index is 1.45. The molecule has 2 amide bonds. The molecule has 0 bridgehead atoms. The molecule has 1 aliphatic rings. The number of ether oxygens (including phenoxy) is 2. The second-order valence-corrected chi connectivity index (χ2v) is 9.53. The third-order valence-corrected chi connectivity index (χ3v) is 5.92. The molecule has 1 N–H and O–H groups in total. The fourth-order valence-electron chi connectivity index (χ4n) is 4.11. The van der Waals surface area contributed by atoms with Gasteiger partial charge in [-0.05, 0) is 46.7 Å². The van der Waals surface area contributed by atoms with Crippen LogP contribution in [0.15, 0.2) is 78.9 Å². The molecule has 176 valence electrons. The molecule has 0 spiro atoms. The van der Waals surface area contributed by atoms with Gasteiger partial charge in [-0.15, -0.1) is 0 Å². The van der Waals surface area contributed by atoms with Crippen LogP contribution in [-0.2, 0) is 29.1 Å². The second-order valence-electron chi connectivity index (χ2n) is 9.53. The molecule has 1 heterocycles. The summed E-state index contributed by atoms with van der Waals surface area (Å²) in [6.45, 7) is 6.75. The molecule has 34 heavy (non-hydrogen) atoms. The van der Waals surface area contributed by atoms with Crippen LogP contribution in [0.1, 0.15) is 37.5 Å². The van der Waals surface area contributed by atoms with Crippen molar-refractivity contribution in [1.82, 2.24) is 0 Å². The Hall–Kier alpha value is -3.80. The van der Waals surface area contributed by atoms with Gasteiger partial charge in [0.05, 0.1) is 5.69 Å². The molecule has 6 nitrogen and oxygen atoms in total. The Morgan fingerprint density at radius 2 is 1.47 bits per heavy atom. The van der Waals surface area contributed by atoms with Crippen molar-refractivity contribution in [2.45, 2.75) is 46.4 Å². The summed E-state index contributed by atoms with van der Waals surface area (Å²) >= 11 is 0. The summed E-state index contributed by atoms with van der Waals surface area (Å²) in [7, 11) is 0. The number of anilines is 2. The Labute approximate surface area is 200 Å². The summed E-state index contributed by atoms with van der Waals surface area (Å²) in [4.78, 5) is 27.2. The van der Waals surface area contributed by atoms with Gasteiger partial charge in [0, 0.05) is 11.7 Å². The van der Waals surface area contributed by atoms with E-state index in [1.807, 2.05) is 72.8 Å². The molecule has 1 unspecified atom stereocenters. The maximum absolute atomic E-state index is 13.1. The van der Waals surface area contributed by atoms with Crippen LogP contribution in [-0.4, -0.2) is 18.2 Å². The molecule has 6 heteroatoms. The number of nitrogens with zero attached hydrogens (tertiary/aromatic N) is 1. The third-order valence-electron chi connectivity index (χ3n) is 5.92. The molecule has 1 atom stereocenters. The molecule has 0 fully saturated rings. The summed E-state index contributed by atoms with van der Waals surface area (Å²) in [5, 5.41) is 2.79. The van der Waals surface area contributed by atoms with E-state index in [9.17, 15) is 9.59 Å². The molecule has 1 aliphatic heterocycles. The van der Waals surface area contributed by atoms with Crippen molar-refractivity contribution >= 4 is 23.6 Å². The van der Waals surface area contributed by atoms with E-state index in [1.54, 1.807) is 11.0 Å². The number of nitrogens with one attached hydrogen (secondary N) is 1. The molecular formula is C28H30N2O4. The van der Waals surface area contributed by atoms with E-state index in [4.69, 9.17) is 9.47 Å². The Morgan fingerprint density at radius 1 is 0.882 bits per heavy atom. The number of fused-ring (bicyclic) bond motifs is 1. The minimum Gasteiger partial charge on any atom is -0.444 e. The fourth-order valence-corrected chi connectivity index (χ4v) is 4.11. The Kier molecular flexibility index (Phi) is 6.87.